The Bertz CT molecular complexity index is 1590. The van der Waals surface area contributed by atoms with Crippen LogP contribution < -0.4 is 9.47 Å². The fourth-order valence-electron chi connectivity index (χ4n) is 7.15. The molecule has 2 heterocycles. The molecule has 0 radical (unpaired) electrons. The SMILES string of the molecule is COc1ccc2c3c1O[C@H]1C(OC(=O)[C@@H](OC(=O)[C@H](C)OC(C)=O)c4ccccc4)=CC[C@@]4(O)[C@@H](C2)N(C)CC[C@]314.O=CC(F)(F)F. The number of ether oxygens (including phenoxy) is 5. The van der Waals surface area contributed by atoms with Crippen molar-refractivity contribution in [1.29, 1.82) is 0 Å². The quantitative estimate of drug-likeness (QED) is 0.265. The molecule has 47 heavy (non-hydrogen) atoms. The molecule has 4 aliphatic rings. The summed E-state index contributed by atoms with van der Waals surface area (Å²) in [4.78, 5) is 48.8. The maximum atomic E-state index is 13.7. The predicted octanol–water partition coefficient (Wildman–Crippen LogP) is 3.50. The lowest BCUT2D eigenvalue weighted by molar-refractivity contribution is -0.181. The maximum absolute atomic E-state index is 13.7. The van der Waals surface area contributed by atoms with E-state index >= 15 is 0 Å². The first kappa shape index (κ1) is 33.9. The van der Waals surface area contributed by atoms with Crippen LogP contribution >= 0.6 is 0 Å². The lowest BCUT2D eigenvalue weighted by Crippen LogP contribution is -2.74. The molecule has 2 aromatic rings. The van der Waals surface area contributed by atoms with Crippen molar-refractivity contribution in [3.63, 3.8) is 0 Å². The summed E-state index contributed by atoms with van der Waals surface area (Å²) >= 11 is 0. The summed E-state index contributed by atoms with van der Waals surface area (Å²) in [7, 11) is 3.59. The van der Waals surface area contributed by atoms with Gasteiger partial charge >= 0.3 is 24.1 Å². The van der Waals surface area contributed by atoms with Gasteiger partial charge in [-0.3, -0.25) is 9.59 Å². The number of likely N-dealkylation sites (N-methyl/N-ethyl adjacent to an activating group) is 1. The number of alkyl halides is 3. The molecular formula is C33H34F3NO10. The molecule has 6 rings (SSSR count). The van der Waals surface area contributed by atoms with Crippen molar-refractivity contribution in [3.05, 3.63) is 71.0 Å². The van der Waals surface area contributed by atoms with E-state index in [0.29, 0.717) is 29.9 Å². The average Bonchev–Trinajstić information content (AvgIpc) is 3.39. The van der Waals surface area contributed by atoms with Crippen molar-refractivity contribution in [3.8, 4) is 11.5 Å². The number of esters is 3. The van der Waals surface area contributed by atoms with E-state index in [9.17, 15) is 32.7 Å². The number of benzene rings is 2. The third-order valence-electron chi connectivity index (χ3n) is 9.14. The number of carbonyl (C=O) groups excluding carboxylic acids is 4. The van der Waals surface area contributed by atoms with Crippen LogP contribution in [0.1, 0.15) is 49.5 Å². The van der Waals surface area contributed by atoms with Gasteiger partial charge in [0.1, 0.15) is 5.76 Å². The average molecular weight is 662 g/mol. The topological polar surface area (TPSA) is 138 Å². The van der Waals surface area contributed by atoms with Crippen LogP contribution in [-0.2, 0) is 45.2 Å². The van der Waals surface area contributed by atoms with Crippen LogP contribution in [0.5, 0.6) is 11.5 Å². The molecule has 2 bridgehead atoms. The van der Waals surface area contributed by atoms with Crippen molar-refractivity contribution < 1.29 is 61.1 Å². The van der Waals surface area contributed by atoms with Gasteiger partial charge in [0.05, 0.1) is 18.1 Å². The van der Waals surface area contributed by atoms with Gasteiger partial charge in [-0.05, 0) is 51.1 Å². The van der Waals surface area contributed by atoms with Gasteiger partial charge in [-0.15, -0.1) is 0 Å². The normalized spacial score (nSPS) is 26.5. The Kier molecular flexibility index (Phi) is 9.12. The van der Waals surface area contributed by atoms with Crippen molar-refractivity contribution in [2.24, 2.45) is 0 Å². The Labute approximate surface area is 268 Å². The van der Waals surface area contributed by atoms with E-state index < -0.39 is 59.7 Å². The van der Waals surface area contributed by atoms with Gasteiger partial charge in [0.2, 0.25) is 12.4 Å². The Morgan fingerprint density at radius 1 is 1.11 bits per heavy atom. The number of hydrogen-bond donors (Lipinski definition) is 1. The lowest BCUT2D eigenvalue weighted by atomic mass is 9.50. The second-order valence-electron chi connectivity index (χ2n) is 11.8. The van der Waals surface area contributed by atoms with Crippen molar-refractivity contribution >= 4 is 24.2 Å². The molecule has 6 atom stereocenters. The zero-order valence-electron chi connectivity index (χ0n) is 26.0. The van der Waals surface area contributed by atoms with Gasteiger partial charge in [0.25, 0.3) is 0 Å². The smallest absolute Gasteiger partial charge is 0.446 e. The minimum Gasteiger partial charge on any atom is -0.493 e. The molecule has 0 unspecified atom stereocenters. The van der Waals surface area contributed by atoms with Crippen LogP contribution in [0.3, 0.4) is 0 Å². The fourth-order valence-corrected chi connectivity index (χ4v) is 7.15. The number of aldehydes is 1. The molecule has 2 aromatic carbocycles. The van der Waals surface area contributed by atoms with E-state index in [-0.39, 0.29) is 18.2 Å². The molecule has 1 spiro atoms. The summed E-state index contributed by atoms with van der Waals surface area (Å²) in [6, 6.07) is 12.2. The first-order valence-electron chi connectivity index (χ1n) is 14.8. The molecule has 1 N–H and O–H groups in total. The van der Waals surface area contributed by atoms with Crippen LogP contribution in [0.25, 0.3) is 0 Å². The van der Waals surface area contributed by atoms with E-state index in [0.717, 1.165) is 17.7 Å². The number of methoxy groups -OCH3 is 1. The first-order valence-corrected chi connectivity index (χ1v) is 14.8. The number of likely N-dealkylation sites (tertiary alicyclic amines) is 1. The van der Waals surface area contributed by atoms with Gasteiger partial charge in [0, 0.05) is 30.5 Å². The summed E-state index contributed by atoms with van der Waals surface area (Å²) in [6.07, 6.45) is -5.93. The molecule has 14 heteroatoms. The third-order valence-corrected chi connectivity index (χ3v) is 9.14. The van der Waals surface area contributed by atoms with Crippen LogP contribution in [0.15, 0.2) is 54.3 Å². The van der Waals surface area contributed by atoms with Crippen molar-refractivity contribution in [2.75, 3.05) is 20.7 Å². The molecule has 2 aliphatic heterocycles. The number of aliphatic hydroxyl groups is 1. The summed E-state index contributed by atoms with van der Waals surface area (Å²) in [5, 5.41) is 12.4. The molecule has 2 aliphatic carbocycles. The van der Waals surface area contributed by atoms with Gasteiger partial charge in [0.15, 0.2) is 23.7 Å². The number of rotatable bonds is 7. The molecular weight excluding hydrogens is 627 g/mol. The minimum atomic E-state index is -4.64. The third kappa shape index (κ3) is 5.95. The Morgan fingerprint density at radius 2 is 1.79 bits per heavy atom. The largest absolute Gasteiger partial charge is 0.493 e. The summed E-state index contributed by atoms with van der Waals surface area (Å²) in [5.74, 6) is -1.02. The molecule has 0 aromatic heterocycles. The number of carbonyl (C=O) groups is 4. The van der Waals surface area contributed by atoms with E-state index in [1.54, 1.807) is 43.5 Å². The van der Waals surface area contributed by atoms with Crippen LogP contribution in [-0.4, -0.2) is 84.9 Å². The standard InChI is InChI=1S/C31H33NO9.C2HF3O/c1-17(38-18(2)33)28(34)41-25(19-8-6-5-7-9-19)29(35)39-22-12-13-31(36)23-16-20-10-11-21(37-4)26-24(20)30(31,27(22)40-26)14-15-32(23)3;3-2(4,5)1-6/h5-12,17,23,25,27,36H,13-16H2,1-4H3;1H/t17-,23+,25-,27-,30-,31+;/m0./s1. The predicted molar refractivity (Wildman–Crippen MR) is 156 cm³/mol. The van der Waals surface area contributed by atoms with Crippen molar-refractivity contribution in [1.82, 2.24) is 4.90 Å². The molecule has 0 saturated carbocycles. The zero-order chi connectivity index (χ0) is 34.3. The number of nitrogens with zero attached hydrogens (tertiary/aromatic N) is 1. The van der Waals surface area contributed by atoms with Gasteiger partial charge < -0.3 is 33.7 Å². The summed E-state index contributed by atoms with van der Waals surface area (Å²) < 4.78 is 59.9. The molecule has 0 amide bonds. The van der Waals surface area contributed by atoms with Gasteiger partial charge in [-0.25, -0.2) is 9.59 Å². The Balaban J connectivity index is 0.000000662. The minimum absolute atomic E-state index is 0.150. The van der Waals surface area contributed by atoms with E-state index in [1.807, 2.05) is 19.2 Å². The highest BCUT2D eigenvalue weighted by molar-refractivity contribution is 5.84. The van der Waals surface area contributed by atoms with E-state index in [2.05, 4.69) is 4.90 Å². The summed E-state index contributed by atoms with van der Waals surface area (Å²) in [6.45, 7) is 3.28. The second-order valence-corrected chi connectivity index (χ2v) is 11.8. The highest BCUT2D eigenvalue weighted by atomic mass is 19.4. The number of hydrogen-bond acceptors (Lipinski definition) is 11. The molecule has 11 nitrogen and oxygen atoms in total. The second kappa shape index (κ2) is 12.6. The Morgan fingerprint density at radius 3 is 2.40 bits per heavy atom. The highest BCUT2D eigenvalue weighted by Gasteiger charge is 2.72. The highest BCUT2D eigenvalue weighted by Crippen LogP contribution is 2.65. The molecule has 1 saturated heterocycles. The van der Waals surface area contributed by atoms with E-state index in [4.69, 9.17) is 28.5 Å². The monoisotopic (exact) mass is 661 g/mol. The molecule has 252 valence electrons. The summed E-state index contributed by atoms with van der Waals surface area (Å²) in [5.41, 5.74) is 0.373. The van der Waals surface area contributed by atoms with Crippen LogP contribution in [0, 0.1) is 0 Å². The number of halogens is 3. The fraction of sp³-hybridized carbons (Fsp3) is 0.455. The van der Waals surface area contributed by atoms with Gasteiger partial charge in [-0.2, -0.15) is 13.2 Å². The van der Waals surface area contributed by atoms with E-state index in [1.165, 1.54) is 13.8 Å². The Hall–Kier alpha value is -4.43. The number of piperidine rings is 1. The first-order chi connectivity index (χ1) is 22.2. The van der Waals surface area contributed by atoms with Crippen LogP contribution in [0.2, 0.25) is 0 Å². The van der Waals surface area contributed by atoms with Crippen LogP contribution in [0.4, 0.5) is 13.2 Å². The zero-order valence-corrected chi connectivity index (χ0v) is 26.0. The molecule has 1 fully saturated rings. The van der Waals surface area contributed by atoms with Gasteiger partial charge in [-0.1, -0.05) is 36.4 Å². The van der Waals surface area contributed by atoms with Crippen molar-refractivity contribution in [2.45, 2.75) is 74.7 Å². The lowest BCUT2D eigenvalue weighted by Gasteiger charge is -2.61. The maximum Gasteiger partial charge on any atom is 0.446 e.